The van der Waals surface area contributed by atoms with Crippen LogP contribution in [0.4, 0.5) is 11.4 Å². The van der Waals surface area contributed by atoms with Gasteiger partial charge in [-0.25, -0.2) is 4.68 Å². The molecule has 2 aromatic carbocycles. The van der Waals surface area contributed by atoms with Crippen molar-refractivity contribution in [2.75, 3.05) is 16.8 Å². The molecule has 0 radical (unpaired) electrons. The summed E-state index contributed by atoms with van der Waals surface area (Å²) in [7, 11) is 0. The predicted octanol–water partition coefficient (Wildman–Crippen LogP) is 3.75. The van der Waals surface area contributed by atoms with E-state index in [9.17, 15) is 14.4 Å². The number of nitrogens with one attached hydrogen (secondary N) is 1. The van der Waals surface area contributed by atoms with Crippen LogP contribution in [0, 0.1) is 20.8 Å². The average Bonchev–Trinajstić information content (AvgIpc) is 3.30. The summed E-state index contributed by atoms with van der Waals surface area (Å²) in [4.78, 5) is 39.4. The van der Waals surface area contributed by atoms with E-state index in [1.807, 2.05) is 43.3 Å². The molecule has 0 aliphatic carbocycles. The fourth-order valence-corrected chi connectivity index (χ4v) is 4.03. The quantitative estimate of drug-likeness (QED) is 0.507. The summed E-state index contributed by atoms with van der Waals surface area (Å²) in [6, 6.07) is 14.8. The zero-order valence-electron chi connectivity index (χ0n) is 17.8. The van der Waals surface area contributed by atoms with Gasteiger partial charge in [0, 0.05) is 24.3 Å². The average molecular weight is 416 g/mol. The van der Waals surface area contributed by atoms with Gasteiger partial charge in [-0.1, -0.05) is 18.2 Å². The Kier molecular flexibility index (Phi) is 5.42. The van der Waals surface area contributed by atoms with Crippen molar-refractivity contribution in [2.45, 2.75) is 33.6 Å². The Labute approximate surface area is 180 Å². The highest BCUT2D eigenvalue weighted by atomic mass is 16.2. The van der Waals surface area contributed by atoms with Gasteiger partial charge in [0.05, 0.1) is 22.6 Å². The third-order valence-corrected chi connectivity index (χ3v) is 5.54. The number of Topliss-reactive ketones (excluding diaryl/α,β-unsaturated/α-hetero) is 1. The molecule has 3 aromatic rings. The van der Waals surface area contributed by atoms with Crippen LogP contribution in [0.5, 0.6) is 0 Å². The molecule has 0 spiro atoms. The molecular weight excluding hydrogens is 392 g/mol. The monoisotopic (exact) mass is 416 g/mol. The van der Waals surface area contributed by atoms with E-state index in [-0.39, 0.29) is 5.91 Å². The van der Waals surface area contributed by atoms with E-state index in [0.717, 1.165) is 23.4 Å². The molecule has 0 saturated carbocycles. The summed E-state index contributed by atoms with van der Waals surface area (Å²) in [6.45, 7) is 6.09. The highest BCUT2D eigenvalue weighted by Gasteiger charge is 2.26. The van der Waals surface area contributed by atoms with Crippen molar-refractivity contribution in [2.24, 2.45) is 0 Å². The summed E-state index contributed by atoms with van der Waals surface area (Å²) in [5, 5.41) is 7.13. The van der Waals surface area contributed by atoms with E-state index < -0.39 is 11.7 Å². The molecule has 1 N–H and O–H groups in total. The fourth-order valence-electron chi connectivity index (χ4n) is 4.03. The van der Waals surface area contributed by atoms with Crippen molar-refractivity contribution >= 4 is 29.0 Å². The first-order chi connectivity index (χ1) is 14.9. The minimum atomic E-state index is -0.719. The Morgan fingerprint density at radius 3 is 2.42 bits per heavy atom. The number of amides is 2. The number of carbonyl (C=O) groups excluding carboxylic acids is 3. The fraction of sp³-hybridized carbons (Fsp3) is 0.250. The molecule has 2 heterocycles. The number of ketones is 1. The molecule has 158 valence electrons. The Morgan fingerprint density at radius 2 is 1.77 bits per heavy atom. The first-order valence-corrected chi connectivity index (χ1v) is 10.2. The van der Waals surface area contributed by atoms with Gasteiger partial charge in [-0.05, 0) is 63.1 Å². The summed E-state index contributed by atoms with van der Waals surface area (Å²) in [5.41, 5.74) is 4.45. The van der Waals surface area contributed by atoms with Crippen LogP contribution in [0.15, 0.2) is 48.5 Å². The number of aromatic nitrogens is 2. The zero-order valence-corrected chi connectivity index (χ0v) is 17.8. The second kappa shape index (κ2) is 8.18. The van der Waals surface area contributed by atoms with Gasteiger partial charge in [-0.15, -0.1) is 0 Å². The third-order valence-electron chi connectivity index (χ3n) is 5.54. The largest absolute Gasteiger partial charge is 0.319 e. The number of anilines is 2. The standard InChI is InChI=1S/C24H24N4O3/c1-15-14-18(11-12-20(15)27-13-7-10-21(27)29)25-24(31)23(30)22-16(2)26-28(17(22)3)19-8-5-4-6-9-19/h4-6,8-9,11-12,14H,7,10,13H2,1-3H3,(H,25,31). The van der Waals surface area contributed by atoms with Gasteiger partial charge in [-0.3, -0.25) is 14.4 Å². The first kappa shape index (κ1) is 20.5. The molecule has 1 aromatic heterocycles. The van der Waals surface area contributed by atoms with Crippen molar-refractivity contribution in [1.82, 2.24) is 9.78 Å². The second-order valence-corrected chi connectivity index (χ2v) is 7.73. The highest BCUT2D eigenvalue weighted by Crippen LogP contribution is 2.27. The highest BCUT2D eigenvalue weighted by molar-refractivity contribution is 6.47. The van der Waals surface area contributed by atoms with Crippen molar-refractivity contribution in [3.05, 3.63) is 71.0 Å². The summed E-state index contributed by atoms with van der Waals surface area (Å²) >= 11 is 0. The molecule has 0 atom stereocenters. The van der Waals surface area contributed by atoms with Crippen molar-refractivity contribution in [3.8, 4) is 5.69 Å². The van der Waals surface area contributed by atoms with E-state index in [1.54, 1.807) is 35.6 Å². The molecule has 1 aliphatic heterocycles. The summed E-state index contributed by atoms with van der Waals surface area (Å²) < 4.78 is 1.67. The van der Waals surface area contributed by atoms with Crippen molar-refractivity contribution in [1.29, 1.82) is 0 Å². The molecule has 4 rings (SSSR count). The van der Waals surface area contributed by atoms with Crippen LogP contribution in [0.25, 0.3) is 5.69 Å². The van der Waals surface area contributed by atoms with E-state index in [1.165, 1.54) is 0 Å². The zero-order chi connectivity index (χ0) is 22.1. The topological polar surface area (TPSA) is 84.3 Å². The molecule has 1 fully saturated rings. The third kappa shape index (κ3) is 3.86. The van der Waals surface area contributed by atoms with Gasteiger partial charge in [0.2, 0.25) is 5.91 Å². The van der Waals surface area contributed by atoms with Crippen LogP contribution in [0.3, 0.4) is 0 Å². The Balaban J connectivity index is 1.54. The van der Waals surface area contributed by atoms with E-state index >= 15 is 0 Å². The minimum Gasteiger partial charge on any atom is -0.319 e. The van der Waals surface area contributed by atoms with Crippen LogP contribution in [0.1, 0.15) is 40.2 Å². The number of aryl methyl sites for hydroxylation is 2. The smallest absolute Gasteiger partial charge is 0.296 e. The number of carbonyl (C=O) groups is 3. The molecule has 1 saturated heterocycles. The lowest BCUT2D eigenvalue weighted by atomic mass is 10.1. The van der Waals surface area contributed by atoms with Gasteiger partial charge < -0.3 is 10.2 Å². The first-order valence-electron chi connectivity index (χ1n) is 10.2. The SMILES string of the molecule is Cc1cc(NC(=O)C(=O)c2c(C)nn(-c3ccccc3)c2C)ccc1N1CCCC1=O. The van der Waals surface area contributed by atoms with Crippen LogP contribution >= 0.6 is 0 Å². The van der Waals surface area contributed by atoms with Crippen LogP contribution < -0.4 is 10.2 Å². The molecular formula is C24H24N4O3. The van der Waals surface area contributed by atoms with Gasteiger partial charge in [-0.2, -0.15) is 5.10 Å². The molecule has 7 heteroatoms. The van der Waals surface area contributed by atoms with E-state index in [4.69, 9.17) is 0 Å². The lowest BCUT2D eigenvalue weighted by Crippen LogP contribution is -2.25. The summed E-state index contributed by atoms with van der Waals surface area (Å²) in [6.07, 6.45) is 1.41. The maximum Gasteiger partial charge on any atom is 0.296 e. The number of hydrogen-bond donors (Lipinski definition) is 1. The molecule has 7 nitrogen and oxygen atoms in total. The molecule has 1 aliphatic rings. The van der Waals surface area contributed by atoms with Crippen LogP contribution in [-0.2, 0) is 9.59 Å². The molecule has 0 bridgehead atoms. The van der Waals surface area contributed by atoms with Crippen molar-refractivity contribution in [3.63, 3.8) is 0 Å². The Morgan fingerprint density at radius 1 is 1.03 bits per heavy atom. The van der Waals surface area contributed by atoms with Crippen LogP contribution in [-0.4, -0.2) is 33.9 Å². The van der Waals surface area contributed by atoms with Gasteiger partial charge in [0.1, 0.15) is 0 Å². The molecule has 0 unspecified atom stereocenters. The Hall–Kier alpha value is -3.74. The second-order valence-electron chi connectivity index (χ2n) is 7.73. The number of rotatable bonds is 5. The number of hydrogen-bond acceptors (Lipinski definition) is 4. The van der Waals surface area contributed by atoms with Gasteiger partial charge in [0.15, 0.2) is 0 Å². The summed E-state index contributed by atoms with van der Waals surface area (Å²) in [5.74, 6) is -1.24. The molecule has 31 heavy (non-hydrogen) atoms. The predicted molar refractivity (Wildman–Crippen MR) is 119 cm³/mol. The van der Waals surface area contributed by atoms with Gasteiger partial charge in [0.25, 0.3) is 11.7 Å². The molecule has 2 amide bonds. The lowest BCUT2D eigenvalue weighted by Gasteiger charge is -2.19. The Bertz CT molecular complexity index is 1180. The van der Waals surface area contributed by atoms with E-state index in [0.29, 0.717) is 35.6 Å². The van der Waals surface area contributed by atoms with Crippen LogP contribution in [0.2, 0.25) is 0 Å². The van der Waals surface area contributed by atoms with Crippen molar-refractivity contribution < 1.29 is 14.4 Å². The maximum absolute atomic E-state index is 12.9. The van der Waals surface area contributed by atoms with Gasteiger partial charge >= 0.3 is 0 Å². The minimum absolute atomic E-state index is 0.108. The number of nitrogens with zero attached hydrogens (tertiary/aromatic N) is 3. The number of benzene rings is 2. The maximum atomic E-state index is 12.9. The lowest BCUT2D eigenvalue weighted by molar-refractivity contribution is -0.117. The number of para-hydroxylation sites is 1. The normalized spacial score (nSPS) is 13.5. The van der Waals surface area contributed by atoms with E-state index in [2.05, 4.69) is 10.4 Å².